The Balaban J connectivity index is 1.68. The van der Waals surface area contributed by atoms with Crippen LogP contribution in [0.4, 0.5) is 10.5 Å². The smallest absolute Gasteiger partial charge is 0.335 e. The molecule has 33 heavy (non-hydrogen) atoms. The van der Waals surface area contributed by atoms with Gasteiger partial charge in [0.2, 0.25) is 0 Å². The maximum absolute atomic E-state index is 12.7. The first-order valence-corrected chi connectivity index (χ1v) is 11.3. The first-order valence-electron chi connectivity index (χ1n) is 11.3. The molecule has 1 aromatic carbocycles. The molecule has 1 aromatic rings. The zero-order valence-corrected chi connectivity index (χ0v) is 18.7. The fraction of sp³-hybridized carbons (Fsp3) is 0.522. The van der Waals surface area contributed by atoms with Gasteiger partial charge in [-0.05, 0) is 38.3 Å². The molecular weight excluding hydrogens is 428 g/mol. The van der Waals surface area contributed by atoms with E-state index in [4.69, 9.17) is 0 Å². The highest BCUT2D eigenvalue weighted by Gasteiger charge is 2.38. The zero-order chi connectivity index (χ0) is 24.0. The normalized spacial score (nSPS) is 19.4. The highest BCUT2D eigenvalue weighted by atomic mass is 16.6. The molecule has 1 unspecified atom stereocenters. The molecule has 1 fully saturated rings. The summed E-state index contributed by atoms with van der Waals surface area (Å²) < 4.78 is 0. The summed E-state index contributed by atoms with van der Waals surface area (Å²) >= 11 is 0. The van der Waals surface area contributed by atoms with Crippen LogP contribution in [0, 0.1) is 16.0 Å². The number of rotatable bonds is 10. The quantitative estimate of drug-likeness (QED) is 0.278. The van der Waals surface area contributed by atoms with Crippen LogP contribution in [0.5, 0.6) is 0 Å². The predicted molar refractivity (Wildman–Crippen MR) is 120 cm³/mol. The lowest BCUT2D eigenvalue weighted by Crippen LogP contribution is -2.49. The van der Waals surface area contributed by atoms with Crippen molar-refractivity contribution in [1.29, 1.82) is 0 Å². The number of carboxylic acids is 1. The van der Waals surface area contributed by atoms with Gasteiger partial charge in [-0.25, -0.2) is 9.59 Å². The summed E-state index contributed by atoms with van der Waals surface area (Å²) in [4.78, 5) is 49.1. The minimum absolute atomic E-state index is 0.0319. The van der Waals surface area contributed by atoms with Crippen molar-refractivity contribution in [3.8, 4) is 0 Å². The first-order chi connectivity index (χ1) is 15.8. The predicted octanol–water partition coefficient (Wildman–Crippen LogP) is 3.15. The molecule has 10 heteroatoms. The molecule has 0 radical (unpaired) electrons. The van der Waals surface area contributed by atoms with Gasteiger partial charge >= 0.3 is 12.0 Å². The number of allylic oxidation sites excluding steroid dienone is 1. The van der Waals surface area contributed by atoms with Crippen molar-refractivity contribution in [2.24, 2.45) is 5.92 Å². The molecule has 3 N–H and O–H groups in total. The van der Waals surface area contributed by atoms with Gasteiger partial charge in [-0.3, -0.25) is 14.9 Å². The zero-order valence-electron chi connectivity index (χ0n) is 18.7. The molecule has 3 rings (SSSR count). The highest BCUT2D eigenvalue weighted by Crippen LogP contribution is 2.35. The van der Waals surface area contributed by atoms with E-state index in [2.05, 4.69) is 10.6 Å². The van der Waals surface area contributed by atoms with Gasteiger partial charge in [0.25, 0.3) is 5.69 Å². The second-order valence-electron chi connectivity index (χ2n) is 8.55. The molecule has 1 aliphatic carbocycles. The molecule has 2 amide bonds. The number of Topliss-reactive ketones (excluding diaryl/α,β-unsaturated/α-hetero) is 1. The van der Waals surface area contributed by atoms with Crippen LogP contribution in [-0.2, 0) is 9.59 Å². The number of hydrogen-bond donors (Lipinski definition) is 3. The van der Waals surface area contributed by atoms with Crippen LogP contribution in [0.15, 0.2) is 35.5 Å². The molecule has 2 aliphatic rings. The van der Waals surface area contributed by atoms with Gasteiger partial charge in [0, 0.05) is 30.3 Å². The summed E-state index contributed by atoms with van der Waals surface area (Å²) in [6.45, 7) is 2.48. The monoisotopic (exact) mass is 458 g/mol. The van der Waals surface area contributed by atoms with Crippen molar-refractivity contribution < 1.29 is 24.4 Å². The number of nitrogens with one attached hydrogen (secondary N) is 2. The van der Waals surface area contributed by atoms with Crippen molar-refractivity contribution in [2.75, 3.05) is 19.6 Å². The molecule has 10 nitrogen and oxygen atoms in total. The molecular formula is C23H30N4O6. The standard InChI is InChI=1S/C23H30N4O6/c1-15-20(22(29)30)21(17-9-5-10-18(13-17)27(32)33)26(23(31)25-15)12-6-11-24-14-19(28)16-7-3-2-4-8-16/h5,9-10,13,16,21,24H,2-4,6-8,11-12,14H2,1H3,(H,25,31)(H,29,30). The Morgan fingerprint density at radius 3 is 2.67 bits per heavy atom. The van der Waals surface area contributed by atoms with Gasteiger partial charge in [0.15, 0.2) is 0 Å². The number of carbonyl (C=O) groups is 3. The average Bonchev–Trinajstić information content (AvgIpc) is 2.79. The number of urea groups is 1. The fourth-order valence-corrected chi connectivity index (χ4v) is 4.60. The second kappa shape index (κ2) is 11.0. The Labute approximate surface area is 192 Å². The average molecular weight is 459 g/mol. The molecule has 1 heterocycles. The van der Waals surface area contributed by atoms with Gasteiger partial charge < -0.3 is 20.6 Å². The number of non-ortho nitro benzene ring substituents is 1. The molecule has 1 aliphatic heterocycles. The van der Waals surface area contributed by atoms with Crippen LogP contribution in [0.2, 0.25) is 0 Å². The van der Waals surface area contributed by atoms with Crippen molar-refractivity contribution in [2.45, 2.75) is 51.5 Å². The van der Waals surface area contributed by atoms with E-state index in [1.54, 1.807) is 6.07 Å². The lowest BCUT2D eigenvalue weighted by molar-refractivity contribution is -0.384. The number of nitro groups is 1. The number of nitrogens with zero attached hydrogens (tertiary/aromatic N) is 2. The molecule has 1 atom stereocenters. The number of ketones is 1. The van der Waals surface area contributed by atoms with Crippen molar-refractivity contribution in [3.63, 3.8) is 0 Å². The lowest BCUT2D eigenvalue weighted by atomic mass is 9.86. The van der Waals surface area contributed by atoms with E-state index in [9.17, 15) is 29.6 Å². The summed E-state index contributed by atoms with van der Waals surface area (Å²) in [7, 11) is 0. The first kappa shape index (κ1) is 24.4. The third kappa shape index (κ3) is 5.95. The molecule has 0 spiro atoms. The molecule has 0 bridgehead atoms. The number of carbonyl (C=O) groups excluding carboxylic acids is 2. The van der Waals surface area contributed by atoms with E-state index in [1.165, 1.54) is 36.4 Å². The number of nitro benzene ring substituents is 1. The number of hydrogen-bond acceptors (Lipinski definition) is 6. The van der Waals surface area contributed by atoms with Gasteiger partial charge in [-0.15, -0.1) is 0 Å². The highest BCUT2D eigenvalue weighted by molar-refractivity contribution is 5.93. The third-order valence-corrected chi connectivity index (χ3v) is 6.28. The van der Waals surface area contributed by atoms with E-state index in [1.807, 2.05) is 0 Å². The number of amides is 2. The minimum atomic E-state index is -1.20. The Hall–Kier alpha value is -3.27. The maximum Gasteiger partial charge on any atom is 0.335 e. The second-order valence-corrected chi connectivity index (χ2v) is 8.55. The number of benzene rings is 1. The Kier molecular flexibility index (Phi) is 8.16. The SMILES string of the molecule is CC1=C(C(=O)O)C(c2cccc([N+](=O)[O-])c2)N(CCCNCC(=O)C2CCCCC2)C(=O)N1. The van der Waals surface area contributed by atoms with Gasteiger partial charge in [0.05, 0.1) is 23.1 Å². The van der Waals surface area contributed by atoms with Gasteiger partial charge in [-0.1, -0.05) is 31.4 Å². The number of carboxylic acid groups (broad SMARTS) is 1. The Morgan fingerprint density at radius 2 is 2.00 bits per heavy atom. The molecule has 1 saturated carbocycles. The van der Waals surface area contributed by atoms with Crippen LogP contribution < -0.4 is 10.6 Å². The Morgan fingerprint density at radius 1 is 1.27 bits per heavy atom. The summed E-state index contributed by atoms with van der Waals surface area (Å²) in [6.07, 6.45) is 5.76. The largest absolute Gasteiger partial charge is 0.478 e. The maximum atomic E-state index is 12.7. The summed E-state index contributed by atoms with van der Waals surface area (Å²) in [5.41, 5.74) is 0.354. The van der Waals surface area contributed by atoms with Crippen LogP contribution in [0.1, 0.15) is 57.1 Å². The van der Waals surface area contributed by atoms with E-state index in [0.29, 0.717) is 18.5 Å². The van der Waals surface area contributed by atoms with Gasteiger partial charge in [0.1, 0.15) is 5.78 Å². The topological polar surface area (TPSA) is 142 Å². The van der Waals surface area contributed by atoms with Crippen molar-refractivity contribution in [1.82, 2.24) is 15.5 Å². The summed E-state index contributed by atoms with van der Waals surface area (Å²) in [5, 5.41) is 26.7. The van der Waals surface area contributed by atoms with E-state index in [-0.39, 0.29) is 41.7 Å². The van der Waals surface area contributed by atoms with E-state index < -0.39 is 23.0 Å². The molecule has 0 aromatic heterocycles. The van der Waals surface area contributed by atoms with Gasteiger partial charge in [-0.2, -0.15) is 0 Å². The third-order valence-electron chi connectivity index (χ3n) is 6.28. The molecule has 0 saturated heterocycles. The van der Waals surface area contributed by atoms with Crippen molar-refractivity contribution in [3.05, 3.63) is 51.2 Å². The van der Waals surface area contributed by atoms with E-state index in [0.717, 1.165) is 25.7 Å². The number of aliphatic carboxylic acids is 1. The Bertz CT molecular complexity index is 954. The fourth-order valence-electron chi connectivity index (χ4n) is 4.60. The summed E-state index contributed by atoms with van der Waals surface area (Å²) in [6, 6.07) is 4.26. The van der Waals surface area contributed by atoms with Crippen molar-refractivity contribution >= 4 is 23.5 Å². The van der Waals surface area contributed by atoms with Crippen LogP contribution in [-0.4, -0.2) is 52.3 Å². The minimum Gasteiger partial charge on any atom is -0.478 e. The lowest BCUT2D eigenvalue weighted by Gasteiger charge is -2.37. The summed E-state index contributed by atoms with van der Waals surface area (Å²) in [5.74, 6) is -0.861. The van der Waals surface area contributed by atoms with Crippen LogP contribution in [0.25, 0.3) is 0 Å². The molecule has 178 valence electrons. The van der Waals surface area contributed by atoms with Crippen LogP contribution >= 0.6 is 0 Å². The van der Waals surface area contributed by atoms with E-state index >= 15 is 0 Å². The van der Waals surface area contributed by atoms with Crippen LogP contribution in [0.3, 0.4) is 0 Å².